The van der Waals surface area contributed by atoms with Crippen LogP contribution < -0.4 is 0 Å². The molecule has 0 fully saturated rings. The highest BCUT2D eigenvalue weighted by atomic mass is 32.1. The fourth-order valence-corrected chi connectivity index (χ4v) is 15.8. The van der Waals surface area contributed by atoms with E-state index in [0.29, 0.717) is 17.6 Å². The largest absolute Gasteiger partial charge is 0.437 e. The molecule has 20 rings (SSSR count). The summed E-state index contributed by atoms with van der Waals surface area (Å²) in [7, 11) is 0. The molecule has 0 atom stereocenters. The van der Waals surface area contributed by atoms with Gasteiger partial charge in [0.15, 0.2) is 0 Å². The van der Waals surface area contributed by atoms with E-state index in [1.54, 1.807) is 11.3 Å². The molecule has 0 amide bonds. The highest BCUT2D eigenvalue weighted by Gasteiger charge is 2.25. The monoisotopic (exact) mass is 1140 g/mol. The first-order chi connectivity index (χ1) is 43.6. The number of hydrogen-bond donors (Lipinski definition) is 0. The summed E-state index contributed by atoms with van der Waals surface area (Å²) in [6.45, 7) is 0. The Hall–Kier alpha value is -11.6. The molecular formula is C80H44N6OS. The maximum atomic E-state index is 6.53. The van der Waals surface area contributed by atoms with Crippen molar-refractivity contribution in [3.05, 3.63) is 267 Å². The average Bonchev–Trinajstić information content (AvgIpc) is 1.55. The molecule has 6 aromatic heterocycles. The maximum Gasteiger partial charge on any atom is 0.238 e. The maximum absolute atomic E-state index is 6.53. The van der Waals surface area contributed by atoms with Crippen molar-refractivity contribution in [2.45, 2.75) is 0 Å². The van der Waals surface area contributed by atoms with Gasteiger partial charge in [-0.15, -0.1) is 11.3 Å². The van der Waals surface area contributed by atoms with E-state index in [1.165, 1.54) is 85.7 Å². The van der Waals surface area contributed by atoms with Gasteiger partial charge in [0.05, 0.1) is 38.8 Å². The zero-order valence-electron chi connectivity index (χ0n) is 46.9. The van der Waals surface area contributed by atoms with Gasteiger partial charge in [0.25, 0.3) is 0 Å². The van der Waals surface area contributed by atoms with Crippen LogP contribution in [0.25, 0.3) is 196 Å². The van der Waals surface area contributed by atoms with Gasteiger partial charge in [-0.05, 0) is 118 Å². The molecule has 0 saturated heterocycles. The SMILES string of the molecule is c1ccc(-c2nc(-n3c4ccccc4c4c5ccc6cc(-c7ccc(-c8nc(-n9c%10ccccc%10c%10c%11ccc%12ccc%13ccccc%13c%12c%11ccc%109)nc9sc%10ccccc%10c89)cc7)c7ccccc7c6c5ccc43)nc3oc4ccccc4c23)cc1. The van der Waals surface area contributed by atoms with E-state index < -0.39 is 0 Å². The minimum absolute atomic E-state index is 0.559. The number of thiophene rings is 1. The van der Waals surface area contributed by atoms with Gasteiger partial charge in [-0.1, -0.05) is 224 Å². The number of nitrogens with zero attached hydrogens (tertiary/aromatic N) is 6. The third-order valence-corrected chi connectivity index (χ3v) is 19.6. The van der Waals surface area contributed by atoms with E-state index in [-0.39, 0.29) is 0 Å². The summed E-state index contributed by atoms with van der Waals surface area (Å²) in [5.74, 6) is 1.21. The lowest BCUT2D eigenvalue weighted by atomic mass is 9.89. The molecule has 0 saturated carbocycles. The molecule has 7 nitrogen and oxygen atoms in total. The predicted molar refractivity (Wildman–Crippen MR) is 368 cm³/mol. The highest BCUT2D eigenvalue weighted by molar-refractivity contribution is 7.25. The summed E-state index contributed by atoms with van der Waals surface area (Å²) >= 11 is 1.73. The number of hydrogen-bond acceptors (Lipinski definition) is 6. The van der Waals surface area contributed by atoms with Crippen molar-refractivity contribution >= 4 is 162 Å². The molecule has 20 aromatic rings. The van der Waals surface area contributed by atoms with Crippen LogP contribution in [0.2, 0.25) is 0 Å². The van der Waals surface area contributed by atoms with Crippen molar-refractivity contribution in [1.82, 2.24) is 29.1 Å². The summed E-state index contributed by atoms with van der Waals surface area (Å²) in [5, 5.41) is 23.4. The van der Waals surface area contributed by atoms with Gasteiger partial charge >= 0.3 is 0 Å². The molecule has 14 aromatic carbocycles. The number of aromatic nitrogens is 6. The standard InChI is InChI=1S/C80H44N6OS/c1-2-17-48(18-3-1)75-73-60-24-10-14-28-67(60)87-77(73)83-79(81-75)85-63-26-12-8-22-58(63)72-57-39-37-50-44-62(52-20-6-7-21-53(52)70(50)55(57)41-43-65(72)85)46-31-34-49(35-32-46)76-74-61-25-11-15-29-68(61)88-78(74)84-80(82-76)86-64-27-13-9-23-59(64)71-56-38-36-47-33-30-45-16-4-5-19-51(45)69(47)54(56)40-42-66(71)86/h1-44H. The molecule has 0 aliphatic heterocycles. The molecule has 0 aliphatic carbocycles. The quantitative estimate of drug-likeness (QED) is 0.161. The minimum Gasteiger partial charge on any atom is -0.437 e. The van der Waals surface area contributed by atoms with Crippen molar-refractivity contribution in [3.63, 3.8) is 0 Å². The van der Waals surface area contributed by atoms with Crippen molar-refractivity contribution in [3.8, 4) is 45.5 Å². The second-order valence-electron chi connectivity index (χ2n) is 23.1. The minimum atomic E-state index is 0.559. The highest BCUT2D eigenvalue weighted by Crippen LogP contribution is 2.47. The molecule has 8 heteroatoms. The van der Waals surface area contributed by atoms with Crippen LogP contribution in [0.1, 0.15) is 0 Å². The average molecular weight is 1140 g/mol. The van der Waals surface area contributed by atoms with Crippen molar-refractivity contribution in [1.29, 1.82) is 0 Å². The first-order valence-corrected chi connectivity index (χ1v) is 30.6. The van der Waals surface area contributed by atoms with Crippen molar-refractivity contribution in [2.75, 3.05) is 0 Å². The van der Waals surface area contributed by atoms with E-state index >= 15 is 0 Å². The van der Waals surface area contributed by atoms with Crippen LogP contribution in [-0.4, -0.2) is 29.1 Å². The second-order valence-corrected chi connectivity index (χ2v) is 24.2. The molecule has 0 bridgehead atoms. The van der Waals surface area contributed by atoms with Crippen molar-refractivity contribution in [2.24, 2.45) is 0 Å². The summed E-state index contributed by atoms with van der Waals surface area (Å²) in [6, 6.07) is 96.4. The molecule has 0 radical (unpaired) electrons. The lowest BCUT2D eigenvalue weighted by Crippen LogP contribution is -2.02. The van der Waals surface area contributed by atoms with Gasteiger partial charge < -0.3 is 4.42 Å². The molecule has 88 heavy (non-hydrogen) atoms. The van der Waals surface area contributed by atoms with Gasteiger partial charge in [-0.25, -0.2) is 15.0 Å². The lowest BCUT2D eigenvalue weighted by molar-refractivity contribution is 0.651. The third-order valence-electron chi connectivity index (χ3n) is 18.6. The Kier molecular flexibility index (Phi) is 9.75. The molecule has 0 spiro atoms. The van der Waals surface area contributed by atoms with Crippen LogP contribution in [0.5, 0.6) is 0 Å². The van der Waals surface area contributed by atoms with E-state index in [1.807, 2.05) is 24.3 Å². The van der Waals surface area contributed by atoms with Gasteiger partial charge in [0.2, 0.25) is 17.6 Å². The van der Waals surface area contributed by atoms with E-state index in [2.05, 4.69) is 252 Å². The topological polar surface area (TPSA) is 74.6 Å². The van der Waals surface area contributed by atoms with Crippen molar-refractivity contribution < 1.29 is 4.42 Å². The van der Waals surface area contributed by atoms with Crippen LogP contribution in [0.15, 0.2) is 271 Å². The fraction of sp³-hybridized carbons (Fsp3) is 0. The normalized spacial score (nSPS) is 12.3. The Morgan fingerprint density at radius 2 is 0.773 bits per heavy atom. The first kappa shape index (κ1) is 47.7. The Labute approximate surface area is 504 Å². The Morgan fingerprint density at radius 3 is 1.50 bits per heavy atom. The molecule has 0 N–H and O–H groups in total. The van der Waals surface area contributed by atoms with Gasteiger partial charge in [-0.3, -0.25) is 9.13 Å². The van der Waals surface area contributed by atoms with E-state index in [9.17, 15) is 0 Å². The number of fused-ring (bicyclic) bond motifs is 24. The molecular weight excluding hydrogens is 1090 g/mol. The summed E-state index contributed by atoms with van der Waals surface area (Å²) in [4.78, 5) is 22.8. The van der Waals surface area contributed by atoms with Crippen LogP contribution in [0, 0.1) is 0 Å². The van der Waals surface area contributed by atoms with E-state index in [0.717, 1.165) is 92.9 Å². The Balaban J connectivity index is 0.744. The van der Waals surface area contributed by atoms with E-state index in [4.69, 9.17) is 24.4 Å². The summed E-state index contributed by atoms with van der Waals surface area (Å²) < 4.78 is 12.2. The smallest absolute Gasteiger partial charge is 0.238 e. The van der Waals surface area contributed by atoms with Gasteiger partial charge in [0, 0.05) is 53.5 Å². The number of rotatable bonds is 5. The fourth-order valence-electron chi connectivity index (χ4n) is 14.8. The van der Waals surface area contributed by atoms with Crippen LogP contribution in [-0.2, 0) is 0 Å². The predicted octanol–water partition coefficient (Wildman–Crippen LogP) is 21.6. The van der Waals surface area contributed by atoms with Gasteiger partial charge in [0.1, 0.15) is 10.4 Å². The summed E-state index contributed by atoms with van der Waals surface area (Å²) in [6.07, 6.45) is 0. The number of furan rings is 1. The number of benzene rings is 14. The first-order valence-electron chi connectivity index (χ1n) is 29.8. The molecule has 0 unspecified atom stereocenters. The zero-order chi connectivity index (χ0) is 57.3. The van der Waals surface area contributed by atoms with Crippen LogP contribution in [0.3, 0.4) is 0 Å². The molecule has 406 valence electrons. The van der Waals surface area contributed by atoms with Crippen LogP contribution in [0.4, 0.5) is 0 Å². The van der Waals surface area contributed by atoms with Crippen LogP contribution >= 0.6 is 11.3 Å². The second kappa shape index (κ2) is 18.0. The Morgan fingerprint density at radius 1 is 0.284 bits per heavy atom. The molecule has 0 aliphatic rings. The number of para-hydroxylation sites is 3. The lowest BCUT2D eigenvalue weighted by Gasteiger charge is -2.15. The Bertz CT molecular complexity index is 6430. The zero-order valence-corrected chi connectivity index (χ0v) is 47.7. The third kappa shape index (κ3) is 6.66. The molecule has 6 heterocycles. The summed E-state index contributed by atoms with van der Waals surface area (Å²) in [5.41, 5.74) is 11.6. The van der Waals surface area contributed by atoms with Gasteiger partial charge in [-0.2, -0.15) is 4.98 Å².